The number of rotatable bonds is 7. The first kappa shape index (κ1) is 20.9. The molecule has 0 aliphatic carbocycles. The maximum absolute atomic E-state index is 12.7. The maximum Gasteiger partial charge on any atom is 0.263 e. The Kier molecular flexibility index (Phi) is 7.39. The fraction of sp³-hybridized carbons (Fsp3) is 0.474. The lowest BCUT2D eigenvalue weighted by atomic mass is 10.2. The Morgan fingerprint density at radius 2 is 1.85 bits per heavy atom. The van der Waals surface area contributed by atoms with Crippen molar-refractivity contribution in [1.82, 2.24) is 14.5 Å². The van der Waals surface area contributed by atoms with Crippen LogP contribution in [-0.4, -0.2) is 56.3 Å². The average molecular weight is 391 g/mol. The van der Waals surface area contributed by atoms with Gasteiger partial charge in [0.1, 0.15) is 11.6 Å². The molecule has 1 aromatic carbocycles. The van der Waals surface area contributed by atoms with E-state index in [0.717, 1.165) is 18.4 Å². The molecule has 0 aromatic heterocycles. The second kappa shape index (κ2) is 9.53. The molecule has 1 heterocycles. The van der Waals surface area contributed by atoms with Crippen molar-refractivity contribution in [3.05, 3.63) is 41.6 Å². The number of piperazine rings is 1. The summed E-state index contributed by atoms with van der Waals surface area (Å²) in [6.45, 7) is 5.95. The van der Waals surface area contributed by atoms with Gasteiger partial charge in [-0.15, -0.1) is 0 Å². The van der Waals surface area contributed by atoms with E-state index in [1.54, 1.807) is 24.3 Å². The van der Waals surface area contributed by atoms with Gasteiger partial charge in [0.2, 0.25) is 10.0 Å². The van der Waals surface area contributed by atoms with Crippen LogP contribution in [-0.2, 0) is 14.8 Å². The van der Waals surface area contributed by atoms with Crippen molar-refractivity contribution >= 4 is 15.9 Å². The van der Waals surface area contributed by atoms with Crippen LogP contribution in [0.3, 0.4) is 0 Å². The van der Waals surface area contributed by atoms with Crippen molar-refractivity contribution in [2.75, 3.05) is 32.7 Å². The molecule has 0 radical (unpaired) electrons. The number of carbonyl (C=O) groups excluding carboxylic acids is 1. The molecule has 146 valence electrons. The Balaban J connectivity index is 1.98. The molecule has 0 saturated carbocycles. The Morgan fingerprint density at radius 1 is 1.22 bits per heavy atom. The van der Waals surface area contributed by atoms with Gasteiger partial charge in [-0.3, -0.25) is 4.79 Å². The molecule has 1 N–H and O–H groups in total. The van der Waals surface area contributed by atoms with Gasteiger partial charge in [-0.1, -0.05) is 31.0 Å². The number of sulfonamides is 1. The molecular formula is C19H26N4O3S. The predicted molar refractivity (Wildman–Crippen MR) is 103 cm³/mol. The minimum absolute atomic E-state index is 0.0425. The Morgan fingerprint density at radius 3 is 2.41 bits per heavy atom. The molecule has 1 amide bonds. The van der Waals surface area contributed by atoms with E-state index in [1.165, 1.54) is 10.5 Å². The van der Waals surface area contributed by atoms with E-state index in [9.17, 15) is 18.5 Å². The van der Waals surface area contributed by atoms with Gasteiger partial charge in [0, 0.05) is 38.9 Å². The fourth-order valence-corrected chi connectivity index (χ4v) is 4.15. The molecule has 7 nitrogen and oxygen atoms in total. The van der Waals surface area contributed by atoms with E-state index >= 15 is 0 Å². The van der Waals surface area contributed by atoms with Crippen LogP contribution < -0.4 is 5.32 Å². The van der Waals surface area contributed by atoms with E-state index in [0.29, 0.717) is 32.7 Å². The number of hydrogen-bond acceptors (Lipinski definition) is 5. The van der Waals surface area contributed by atoms with Crippen molar-refractivity contribution in [1.29, 1.82) is 5.26 Å². The number of aryl methyl sites for hydroxylation is 1. The standard InChI is InChI=1S/C19H26N4O3S/c1-3-4-9-21-19(24)17(14-20)15-22-10-12-23(13-11-22)27(25,26)18-7-5-16(2)6-8-18/h5-8,15H,3-4,9-13H2,1-2H3,(H,21,24)/b17-15-. The molecule has 0 spiro atoms. The monoisotopic (exact) mass is 390 g/mol. The van der Waals surface area contributed by atoms with E-state index in [2.05, 4.69) is 5.32 Å². The Bertz CT molecular complexity index is 818. The second-order valence-corrected chi connectivity index (χ2v) is 8.46. The SMILES string of the molecule is CCCCNC(=O)/C(C#N)=C\N1CCN(S(=O)(=O)c2ccc(C)cc2)CC1. The average Bonchev–Trinajstić information content (AvgIpc) is 2.67. The lowest BCUT2D eigenvalue weighted by Gasteiger charge is -2.33. The maximum atomic E-state index is 12.7. The molecule has 1 saturated heterocycles. The normalized spacial score (nSPS) is 16.0. The predicted octanol–water partition coefficient (Wildman–Crippen LogP) is 1.63. The van der Waals surface area contributed by atoms with Gasteiger partial charge in [0.25, 0.3) is 5.91 Å². The number of nitriles is 1. The molecule has 2 rings (SSSR count). The topological polar surface area (TPSA) is 93.5 Å². The summed E-state index contributed by atoms with van der Waals surface area (Å²) in [5.74, 6) is -0.388. The van der Waals surface area contributed by atoms with Gasteiger partial charge in [0.15, 0.2) is 0 Å². The molecule has 1 aromatic rings. The van der Waals surface area contributed by atoms with Crippen LogP contribution in [0.2, 0.25) is 0 Å². The molecule has 8 heteroatoms. The minimum Gasteiger partial charge on any atom is -0.373 e. The third-order valence-electron chi connectivity index (χ3n) is 4.42. The van der Waals surface area contributed by atoms with Crippen molar-refractivity contribution in [2.45, 2.75) is 31.6 Å². The van der Waals surface area contributed by atoms with Crippen LogP contribution in [0.5, 0.6) is 0 Å². The zero-order valence-corrected chi connectivity index (χ0v) is 16.6. The Labute approximate surface area is 161 Å². The third-order valence-corrected chi connectivity index (χ3v) is 6.34. The van der Waals surface area contributed by atoms with Crippen LogP contribution in [0.25, 0.3) is 0 Å². The van der Waals surface area contributed by atoms with Crippen LogP contribution in [0.4, 0.5) is 0 Å². The number of amides is 1. The summed E-state index contributed by atoms with van der Waals surface area (Å²) in [7, 11) is -3.53. The number of unbranched alkanes of at least 4 members (excludes halogenated alkanes) is 1. The van der Waals surface area contributed by atoms with Gasteiger partial charge in [0.05, 0.1) is 4.90 Å². The number of benzene rings is 1. The van der Waals surface area contributed by atoms with Crippen molar-refractivity contribution in [2.24, 2.45) is 0 Å². The number of nitrogens with zero attached hydrogens (tertiary/aromatic N) is 3. The zero-order valence-electron chi connectivity index (χ0n) is 15.8. The molecule has 0 unspecified atom stereocenters. The summed E-state index contributed by atoms with van der Waals surface area (Å²) in [5, 5.41) is 11.9. The Hall–Kier alpha value is -2.37. The molecule has 0 atom stereocenters. The highest BCUT2D eigenvalue weighted by Crippen LogP contribution is 2.18. The number of hydrogen-bond donors (Lipinski definition) is 1. The molecule has 0 bridgehead atoms. The fourth-order valence-electron chi connectivity index (χ4n) is 2.73. The summed E-state index contributed by atoms with van der Waals surface area (Å²) in [6, 6.07) is 8.72. The van der Waals surface area contributed by atoms with Gasteiger partial charge in [-0.05, 0) is 25.5 Å². The molecule has 1 aliphatic rings. The summed E-state index contributed by atoms with van der Waals surface area (Å²) in [5.41, 5.74) is 1.05. The lowest BCUT2D eigenvalue weighted by molar-refractivity contribution is -0.117. The highest BCUT2D eigenvalue weighted by molar-refractivity contribution is 7.89. The molecule has 27 heavy (non-hydrogen) atoms. The van der Waals surface area contributed by atoms with Crippen LogP contribution in [0, 0.1) is 18.3 Å². The lowest BCUT2D eigenvalue weighted by Crippen LogP contribution is -2.47. The number of carbonyl (C=O) groups is 1. The van der Waals surface area contributed by atoms with Gasteiger partial charge >= 0.3 is 0 Å². The van der Waals surface area contributed by atoms with Gasteiger partial charge in [-0.25, -0.2) is 8.42 Å². The largest absolute Gasteiger partial charge is 0.373 e. The van der Waals surface area contributed by atoms with E-state index in [4.69, 9.17) is 0 Å². The van der Waals surface area contributed by atoms with E-state index < -0.39 is 10.0 Å². The van der Waals surface area contributed by atoms with Crippen LogP contribution >= 0.6 is 0 Å². The minimum atomic E-state index is -3.53. The first-order valence-corrected chi connectivity index (χ1v) is 10.5. The summed E-state index contributed by atoms with van der Waals surface area (Å²) in [6.07, 6.45) is 3.35. The van der Waals surface area contributed by atoms with Gasteiger partial charge < -0.3 is 10.2 Å². The molecule has 1 aliphatic heterocycles. The van der Waals surface area contributed by atoms with Crippen molar-refractivity contribution < 1.29 is 13.2 Å². The van der Waals surface area contributed by atoms with Crippen LogP contribution in [0.15, 0.2) is 40.9 Å². The second-order valence-electron chi connectivity index (χ2n) is 6.52. The first-order valence-electron chi connectivity index (χ1n) is 9.09. The highest BCUT2D eigenvalue weighted by atomic mass is 32.2. The summed E-state index contributed by atoms with van der Waals surface area (Å²) in [4.78, 5) is 14.1. The van der Waals surface area contributed by atoms with E-state index in [-0.39, 0.29) is 16.4 Å². The number of nitrogens with one attached hydrogen (secondary N) is 1. The first-order chi connectivity index (χ1) is 12.9. The summed E-state index contributed by atoms with van der Waals surface area (Å²) >= 11 is 0. The van der Waals surface area contributed by atoms with E-state index in [1.807, 2.05) is 24.8 Å². The van der Waals surface area contributed by atoms with Crippen LogP contribution in [0.1, 0.15) is 25.3 Å². The zero-order chi connectivity index (χ0) is 19.9. The van der Waals surface area contributed by atoms with Crippen molar-refractivity contribution in [3.8, 4) is 6.07 Å². The quantitative estimate of drug-likeness (QED) is 0.434. The summed E-state index contributed by atoms with van der Waals surface area (Å²) < 4.78 is 26.9. The highest BCUT2D eigenvalue weighted by Gasteiger charge is 2.28. The molecular weight excluding hydrogens is 364 g/mol. The smallest absolute Gasteiger partial charge is 0.263 e. The molecule has 1 fully saturated rings. The van der Waals surface area contributed by atoms with Gasteiger partial charge in [-0.2, -0.15) is 9.57 Å². The van der Waals surface area contributed by atoms with Crippen molar-refractivity contribution in [3.63, 3.8) is 0 Å². The third kappa shape index (κ3) is 5.55.